The minimum Gasteiger partial charge on any atom is -0.211 e. The van der Waals surface area contributed by atoms with Crippen LogP contribution in [0, 0.1) is 0 Å². The molecule has 0 spiro atoms. The Labute approximate surface area is 88.1 Å². The number of benzene rings is 1. The average molecular weight is 232 g/mol. The molecule has 0 bridgehead atoms. The molecule has 0 aliphatic carbocycles. The number of hydrogen-bond acceptors (Lipinski definition) is 2. The van der Waals surface area contributed by atoms with Crippen molar-refractivity contribution in [3.8, 4) is 0 Å². The lowest BCUT2D eigenvalue weighted by atomic mass is 10.1. The van der Waals surface area contributed by atoms with Crippen LogP contribution in [-0.2, 0) is 16.4 Å². The van der Waals surface area contributed by atoms with Crippen LogP contribution in [0.1, 0.15) is 12.0 Å². The highest BCUT2D eigenvalue weighted by Crippen LogP contribution is 2.23. The van der Waals surface area contributed by atoms with E-state index in [0.717, 1.165) is 18.4 Å². The number of aryl methyl sites for hydroxylation is 1. The molecule has 0 atom stereocenters. The molecule has 0 fully saturated rings. The minimum atomic E-state index is -3.30. The van der Waals surface area contributed by atoms with Crippen molar-refractivity contribution in [2.45, 2.75) is 17.7 Å². The summed E-state index contributed by atoms with van der Waals surface area (Å²) in [6, 6.07) is 4.89. The quantitative estimate of drug-likeness (QED) is 0.737. The van der Waals surface area contributed by atoms with Crippen molar-refractivity contribution >= 4 is 21.6 Å². The molecule has 0 saturated carbocycles. The molecule has 1 aliphatic heterocycles. The molecule has 3 nitrogen and oxygen atoms in total. The fraction of sp³-hybridized carbons (Fsp3) is 0.333. The maximum Gasteiger partial charge on any atom is 0.240 e. The number of rotatable bonds is 0. The van der Waals surface area contributed by atoms with Crippen LogP contribution in [0.15, 0.2) is 23.1 Å². The van der Waals surface area contributed by atoms with E-state index in [2.05, 4.69) is 4.72 Å². The predicted molar refractivity (Wildman–Crippen MR) is 55.0 cm³/mol. The first-order chi connectivity index (χ1) is 6.59. The first-order valence-electron chi connectivity index (χ1n) is 4.38. The van der Waals surface area contributed by atoms with Crippen LogP contribution in [0.4, 0.5) is 0 Å². The van der Waals surface area contributed by atoms with Crippen LogP contribution in [0.2, 0.25) is 5.02 Å². The van der Waals surface area contributed by atoms with E-state index < -0.39 is 10.0 Å². The largest absolute Gasteiger partial charge is 0.240 e. The number of hydrogen-bond donors (Lipinski definition) is 1. The minimum absolute atomic E-state index is 0.361. The highest BCUT2D eigenvalue weighted by molar-refractivity contribution is 7.89. The van der Waals surface area contributed by atoms with E-state index in [-0.39, 0.29) is 0 Å². The van der Waals surface area contributed by atoms with Crippen molar-refractivity contribution in [3.63, 3.8) is 0 Å². The van der Waals surface area contributed by atoms with Gasteiger partial charge < -0.3 is 0 Å². The molecule has 1 aromatic carbocycles. The molecule has 2 rings (SSSR count). The van der Waals surface area contributed by atoms with Gasteiger partial charge in [0.25, 0.3) is 0 Å². The summed E-state index contributed by atoms with van der Waals surface area (Å²) >= 11 is 5.81. The fourth-order valence-electron chi connectivity index (χ4n) is 1.57. The summed E-state index contributed by atoms with van der Waals surface area (Å²) in [5.74, 6) is 0. The number of halogens is 1. The molecule has 0 aromatic heterocycles. The second kappa shape index (κ2) is 3.53. The first kappa shape index (κ1) is 9.96. The van der Waals surface area contributed by atoms with Gasteiger partial charge in [-0.25, -0.2) is 13.1 Å². The van der Waals surface area contributed by atoms with Gasteiger partial charge in [0.2, 0.25) is 10.0 Å². The Morgan fingerprint density at radius 3 is 2.93 bits per heavy atom. The molecule has 0 amide bonds. The molecule has 14 heavy (non-hydrogen) atoms. The predicted octanol–water partition coefficient (Wildman–Crippen LogP) is 1.56. The second-order valence-electron chi connectivity index (χ2n) is 3.25. The first-order valence-corrected chi connectivity index (χ1v) is 6.24. The topological polar surface area (TPSA) is 46.2 Å². The van der Waals surface area contributed by atoms with E-state index in [0.29, 0.717) is 16.5 Å². The zero-order valence-electron chi connectivity index (χ0n) is 7.46. The van der Waals surface area contributed by atoms with E-state index in [9.17, 15) is 8.42 Å². The summed E-state index contributed by atoms with van der Waals surface area (Å²) in [4.78, 5) is 0.361. The molecule has 1 aliphatic rings. The fourth-order valence-corrected chi connectivity index (χ4v) is 3.09. The second-order valence-corrected chi connectivity index (χ2v) is 5.43. The Balaban J connectivity index is 2.62. The molecule has 1 aromatic rings. The maximum absolute atomic E-state index is 11.7. The van der Waals surface area contributed by atoms with E-state index in [1.54, 1.807) is 18.2 Å². The summed E-state index contributed by atoms with van der Waals surface area (Å²) in [6.07, 6.45) is 1.56. The zero-order valence-corrected chi connectivity index (χ0v) is 9.03. The lowest BCUT2D eigenvalue weighted by molar-refractivity contribution is 0.583. The van der Waals surface area contributed by atoms with Crippen LogP contribution in [-0.4, -0.2) is 15.0 Å². The van der Waals surface area contributed by atoms with Crippen LogP contribution < -0.4 is 4.72 Å². The van der Waals surface area contributed by atoms with Gasteiger partial charge in [0, 0.05) is 11.6 Å². The van der Waals surface area contributed by atoms with Crippen molar-refractivity contribution < 1.29 is 8.42 Å². The number of fused-ring (bicyclic) bond motifs is 1. The van der Waals surface area contributed by atoms with Gasteiger partial charge >= 0.3 is 0 Å². The van der Waals surface area contributed by atoms with E-state index in [1.807, 2.05) is 0 Å². The third kappa shape index (κ3) is 1.78. The molecule has 76 valence electrons. The Kier molecular flexibility index (Phi) is 2.51. The molecule has 0 radical (unpaired) electrons. The van der Waals surface area contributed by atoms with Crippen LogP contribution in [0.5, 0.6) is 0 Å². The lowest BCUT2D eigenvalue weighted by Crippen LogP contribution is -2.23. The van der Waals surface area contributed by atoms with E-state index in [1.165, 1.54) is 0 Å². The molecule has 0 unspecified atom stereocenters. The Morgan fingerprint density at radius 2 is 2.14 bits per heavy atom. The van der Waals surface area contributed by atoms with Crippen molar-refractivity contribution in [1.82, 2.24) is 4.72 Å². The van der Waals surface area contributed by atoms with Crippen molar-refractivity contribution in [3.05, 3.63) is 28.8 Å². The summed E-state index contributed by atoms with van der Waals surface area (Å²) in [7, 11) is -3.30. The lowest BCUT2D eigenvalue weighted by Gasteiger charge is -2.05. The van der Waals surface area contributed by atoms with Gasteiger partial charge in [-0.15, -0.1) is 0 Å². The van der Waals surface area contributed by atoms with Crippen molar-refractivity contribution in [2.75, 3.05) is 6.54 Å². The molecular formula is C9H10ClNO2S. The van der Waals surface area contributed by atoms with Gasteiger partial charge in [0.1, 0.15) is 0 Å². The summed E-state index contributed by atoms with van der Waals surface area (Å²) in [6.45, 7) is 0.495. The standard InChI is InChI=1S/C9H10ClNO2S/c10-8-3-4-9-7(6-8)2-1-5-11-14(9,12)13/h3-4,6,11H,1-2,5H2. The van der Waals surface area contributed by atoms with E-state index in [4.69, 9.17) is 11.6 Å². The molecular weight excluding hydrogens is 222 g/mol. The highest BCUT2D eigenvalue weighted by Gasteiger charge is 2.20. The molecule has 5 heteroatoms. The van der Waals surface area contributed by atoms with Gasteiger partial charge in [0.15, 0.2) is 0 Å². The normalized spacial score (nSPS) is 19.8. The van der Waals surface area contributed by atoms with Crippen molar-refractivity contribution in [2.24, 2.45) is 0 Å². The molecule has 0 saturated heterocycles. The van der Waals surface area contributed by atoms with Crippen molar-refractivity contribution in [1.29, 1.82) is 0 Å². The summed E-state index contributed by atoms with van der Waals surface area (Å²) in [5, 5.41) is 0.584. The third-order valence-corrected chi connectivity index (χ3v) is 4.02. The van der Waals surface area contributed by atoms with Gasteiger partial charge in [-0.1, -0.05) is 11.6 Å². The Bertz CT molecular complexity index is 456. The third-order valence-electron chi connectivity index (χ3n) is 2.23. The van der Waals surface area contributed by atoms with Gasteiger partial charge in [-0.2, -0.15) is 0 Å². The average Bonchev–Trinajstić information content (AvgIpc) is 2.25. The highest BCUT2D eigenvalue weighted by atomic mass is 35.5. The maximum atomic E-state index is 11.7. The Morgan fingerprint density at radius 1 is 1.36 bits per heavy atom. The van der Waals surface area contributed by atoms with Crippen LogP contribution in [0.3, 0.4) is 0 Å². The summed E-state index contributed by atoms with van der Waals surface area (Å²) in [5.41, 5.74) is 0.808. The van der Waals surface area contributed by atoms with Crippen LogP contribution >= 0.6 is 11.6 Å². The number of nitrogens with one attached hydrogen (secondary N) is 1. The molecule has 1 heterocycles. The summed E-state index contributed by atoms with van der Waals surface area (Å²) < 4.78 is 25.8. The van der Waals surface area contributed by atoms with E-state index >= 15 is 0 Å². The monoisotopic (exact) mass is 231 g/mol. The number of sulfonamides is 1. The van der Waals surface area contributed by atoms with Crippen LogP contribution in [0.25, 0.3) is 0 Å². The van der Waals surface area contributed by atoms with Gasteiger partial charge in [0.05, 0.1) is 4.90 Å². The molecule has 1 N–H and O–H groups in total. The van der Waals surface area contributed by atoms with Gasteiger partial charge in [-0.3, -0.25) is 0 Å². The Hall–Kier alpha value is -0.580. The smallest absolute Gasteiger partial charge is 0.211 e. The van der Waals surface area contributed by atoms with Gasteiger partial charge in [-0.05, 0) is 36.6 Å². The SMILES string of the molecule is O=S1(=O)NCCCc2cc(Cl)ccc21. The zero-order chi connectivity index (χ0) is 10.2.